The second-order valence-electron chi connectivity index (χ2n) is 7.06. The largest absolute Gasteiger partial charge is 0.306 e. The maximum Gasteiger partial charge on any atom is 0.0737 e. The van der Waals surface area contributed by atoms with Crippen molar-refractivity contribution in [3.05, 3.63) is 0 Å². The molecule has 0 aromatic heterocycles. The smallest absolute Gasteiger partial charge is 0.0737 e. The van der Waals surface area contributed by atoms with Crippen molar-refractivity contribution < 1.29 is 0 Å². The van der Waals surface area contributed by atoms with Gasteiger partial charge in [-0.3, -0.25) is 9.80 Å². The van der Waals surface area contributed by atoms with E-state index in [0.29, 0.717) is 24.3 Å². The van der Waals surface area contributed by atoms with Crippen molar-refractivity contribution in [2.75, 3.05) is 55.4 Å². The first-order valence-electron chi connectivity index (χ1n) is 7.94. The Morgan fingerprint density at radius 1 is 0.762 bits per heavy atom. The summed E-state index contributed by atoms with van der Waals surface area (Å²) in [5, 5.41) is 4.71. The lowest BCUT2D eigenvalue weighted by Crippen LogP contribution is -2.68. The normalized spacial score (nSPS) is 26.6. The van der Waals surface area contributed by atoms with Gasteiger partial charge in [-0.25, -0.2) is 10.0 Å². The van der Waals surface area contributed by atoms with Crippen molar-refractivity contribution in [3.63, 3.8) is 0 Å². The van der Waals surface area contributed by atoms with E-state index in [9.17, 15) is 0 Å². The minimum Gasteiger partial charge on any atom is -0.306 e. The third kappa shape index (κ3) is 4.87. The molecular weight excluding hydrogens is 264 g/mol. The fraction of sp³-hybridized carbons (Fsp3) is 1.00. The summed E-state index contributed by atoms with van der Waals surface area (Å²) in [5.74, 6) is 0.617. The molecule has 6 nitrogen and oxygen atoms in total. The second-order valence-corrected chi connectivity index (χ2v) is 7.06. The van der Waals surface area contributed by atoms with Crippen LogP contribution in [-0.2, 0) is 0 Å². The van der Waals surface area contributed by atoms with Crippen molar-refractivity contribution >= 4 is 0 Å². The van der Waals surface area contributed by atoms with Gasteiger partial charge in [-0.05, 0) is 63.1 Å². The average molecular weight is 300 g/mol. The van der Waals surface area contributed by atoms with Crippen LogP contribution in [0, 0.1) is 5.92 Å². The molecule has 0 aliphatic carbocycles. The van der Waals surface area contributed by atoms with Gasteiger partial charge in [0, 0.05) is 25.0 Å². The van der Waals surface area contributed by atoms with E-state index >= 15 is 0 Å². The van der Waals surface area contributed by atoms with Crippen molar-refractivity contribution in [1.82, 2.24) is 30.3 Å². The maximum absolute atomic E-state index is 3.60. The van der Waals surface area contributed by atoms with Gasteiger partial charge in [0.05, 0.1) is 12.3 Å². The predicted molar refractivity (Wildman–Crippen MR) is 89.5 cm³/mol. The SMILES string of the molecule is CC(C1CN(C(C)N(C)C)NN(C(C)N(C)C)C1)N(C)C. The number of hydrogen-bond donors (Lipinski definition) is 1. The fourth-order valence-electron chi connectivity index (χ4n) is 2.57. The van der Waals surface area contributed by atoms with Crippen LogP contribution in [0.1, 0.15) is 20.8 Å². The molecule has 126 valence electrons. The van der Waals surface area contributed by atoms with Gasteiger partial charge in [-0.1, -0.05) is 0 Å². The Bertz CT molecular complexity index is 253. The van der Waals surface area contributed by atoms with Gasteiger partial charge >= 0.3 is 0 Å². The van der Waals surface area contributed by atoms with Gasteiger partial charge in [0.2, 0.25) is 0 Å². The van der Waals surface area contributed by atoms with E-state index in [1.807, 2.05) is 0 Å². The Morgan fingerprint density at radius 2 is 1.14 bits per heavy atom. The van der Waals surface area contributed by atoms with Crippen molar-refractivity contribution in [1.29, 1.82) is 0 Å². The van der Waals surface area contributed by atoms with Gasteiger partial charge in [-0.15, -0.1) is 0 Å². The monoisotopic (exact) mass is 300 g/mol. The molecule has 1 aliphatic rings. The molecule has 6 heteroatoms. The quantitative estimate of drug-likeness (QED) is 0.764. The molecule has 0 saturated carbocycles. The number of nitrogens with one attached hydrogen (secondary N) is 1. The molecule has 21 heavy (non-hydrogen) atoms. The third-order valence-electron chi connectivity index (χ3n) is 5.01. The van der Waals surface area contributed by atoms with Crippen LogP contribution in [0.15, 0.2) is 0 Å². The Labute approximate surface area is 131 Å². The Hall–Kier alpha value is -0.240. The molecule has 1 rings (SSSR count). The second kappa shape index (κ2) is 7.85. The number of nitrogens with zero attached hydrogens (tertiary/aromatic N) is 5. The van der Waals surface area contributed by atoms with Crippen LogP contribution in [-0.4, -0.2) is 98.5 Å². The summed E-state index contributed by atoms with van der Waals surface area (Å²) in [5.41, 5.74) is 3.60. The van der Waals surface area contributed by atoms with Crippen LogP contribution < -0.4 is 5.53 Å². The molecule has 1 heterocycles. The molecule has 0 spiro atoms. The lowest BCUT2D eigenvalue weighted by atomic mass is 9.98. The van der Waals surface area contributed by atoms with Gasteiger partial charge < -0.3 is 4.90 Å². The summed E-state index contributed by atoms with van der Waals surface area (Å²) in [7, 11) is 12.9. The minimum atomic E-state index is 0.360. The molecule has 1 saturated heterocycles. The summed E-state index contributed by atoms with van der Waals surface area (Å²) in [6, 6.07) is 0.556. The standard InChI is InChI=1S/C15H36N6/c1-12(17(4)5)15-10-20(13(2)18(6)7)16-21(11-15)14(3)19(8)9/h12-16H,10-11H2,1-9H3. The zero-order valence-electron chi connectivity index (χ0n) is 15.5. The van der Waals surface area contributed by atoms with Gasteiger partial charge in [-0.2, -0.15) is 5.53 Å². The van der Waals surface area contributed by atoms with Crippen molar-refractivity contribution in [2.45, 2.75) is 39.1 Å². The Kier molecular flexibility index (Phi) is 7.03. The predicted octanol–water partition coefficient (Wildman–Crippen LogP) is 0.405. The topological polar surface area (TPSA) is 28.2 Å². The molecule has 0 aromatic rings. The van der Waals surface area contributed by atoms with Crippen LogP contribution in [0.4, 0.5) is 0 Å². The number of rotatable bonds is 6. The van der Waals surface area contributed by atoms with Gasteiger partial charge in [0.25, 0.3) is 0 Å². The number of hydrazine groups is 2. The highest BCUT2D eigenvalue weighted by Gasteiger charge is 2.34. The highest BCUT2D eigenvalue weighted by molar-refractivity contribution is 4.83. The van der Waals surface area contributed by atoms with E-state index in [-0.39, 0.29) is 0 Å². The van der Waals surface area contributed by atoms with E-state index in [1.165, 1.54) is 0 Å². The molecule has 3 atom stereocenters. The third-order valence-corrected chi connectivity index (χ3v) is 5.01. The van der Waals surface area contributed by atoms with E-state index in [0.717, 1.165) is 13.1 Å². The highest BCUT2D eigenvalue weighted by Crippen LogP contribution is 2.19. The lowest BCUT2D eigenvalue weighted by molar-refractivity contribution is -0.138. The van der Waals surface area contributed by atoms with E-state index in [4.69, 9.17) is 0 Å². The first kappa shape index (κ1) is 18.8. The van der Waals surface area contributed by atoms with E-state index in [2.05, 4.69) is 93.3 Å². The summed E-state index contributed by atoms with van der Waals surface area (Å²) < 4.78 is 0. The zero-order chi connectivity index (χ0) is 16.3. The maximum atomic E-state index is 3.60. The van der Waals surface area contributed by atoms with Crippen LogP contribution in [0.5, 0.6) is 0 Å². The van der Waals surface area contributed by atoms with Gasteiger partial charge in [0.1, 0.15) is 0 Å². The van der Waals surface area contributed by atoms with Crippen LogP contribution in [0.25, 0.3) is 0 Å². The van der Waals surface area contributed by atoms with Crippen LogP contribution in [0.2, 0.25) is 0 Å². The number of hydrogen-bond acceptors (Lipinski definition) is 6. The average Bonchev–Trinajstić information content (AvgIpc) is 2.43. The molecule has 1 N–H and O–H groups in total. The zero-order valence-corrected chi connectivity index (χ0v) is 15.5. The molecule has 0 aromatic carbocycles. The molecule has 0 bridgehead atoms. The molecule has 1 fully saturated rings. The molecular formula is C15H36N6. The van der Waals surface area contributed by atoms with E-state index in [1.54, 1.807) is 0 Å². The highest BCUT2D eigenvalue weighted by atomic mass is 15.8. The first-order chi connectivity index (χ1) is 9.65. The van der Waals surface area contributed by atoms with Gasteiger partial charge in [0.15, 0.2) is 0 Å². The van der Waals surface area contributed by atoms with Crippen LogP contribution in [0.3, 0.4) is 0 Å². The van der Waals surface area contributed by atoms with Crippen molar-refractivity contribution in [2.24, 2.45) is 5.92 Å². The fourth-order valence-corrected chi connectivity index (χ4v) is 2.57. The molecule has 0 amide bonds. The first-order valence-corrected chi connectivity index (χ1v) is 7.94. The molecule has 0 radical (unpaired) electrons. The van der Waals surface area contributed by atoms with Crippen LogP contribution >= 0.6 is 0 Å². The lowest BCUT2D eigenvalue weighted by Gasteiger charge is -2.49. The minimum absolute atomic E-state index is 0.360. The van der Waals surface area contributed by atoms with E-state index < -0.39 is 0 Å². The molecule has 3 unspecified atom stereocenters. The van der Waals surface area contributed by atoms with Crippen molar-refractivity contribution in [3.8, 4) is 0 Å². The summed E-state index contributed by atoms with van der Waals surface area (Å²) in [6.07, 6.45) is 0.720. The Balaban J connectivity index is 2.87. The Morgan fingerprint density at radius 3 is 1.43 bits per heavy atom. The summed E-state index contributed by atoms with van der Waals surface area (Å²) in [6.45, 7) is 8.94. The molecule has 1 aliphatic heterocycles. The summed E-state index contributed by atoms with van der Waals surface area (Å²) in [4.78, 5) is 6.81. The summed E-state index contributed by atoms with van der Waals surface area (Å²) >= 11 is 0.